The molecule has 0 unspecified atom stereocenters. The molecule has 1 N–H and O–H groups in total. The van der Waals surface area contributed by atoms with E-state index in [0.717, 1.165) is 16.5 Å². The number of benzene rings is 1. The molecular formula is C13H15NO3. The second-order valence-corrected chi connectivity index (χ2v) is 4.03. The summed E-state index contributed by atoms with van der Waals surface area (Å²) < 4.78 is 6.49. The Morgan fingerprint density at radius 1 is 1.47 bits per heavy atom. The number of carbonyl (C=O) groups is 1. The van der Waals surface area contributed by atoms with Crippen LogP contribution >= 0.6 is 0 Å². The Labute approximate surface area is 99.4 Å². The fourth-order valence-corrected chi connectivity index (χ4v) is 2.02. The van der Waals surface area contributed by atoms with E-state index in [1.54, 1.807) is 0 Å². The number of methoxy groups -OCH3 is 1. The average Bonchev–Trinajstić information content (AvgIpc) is 2.66. The molecule has 1 atom stereocenters. The highest BCUT2D eigenvalue weighted by Crippen LogP contribution is 2.21. The van der Waals surface area contributed by atoms with Crippen molar-refractivity contribution in [2.75, 3.05) is 7.11 Å². The fourth-order valence-electron chi connectivity index (χ4n) is 2.02. The molecule has 0 saturated heterocycles. The third kappa shape index (κ3) is 2.17. The smallest absolute Gasteiger partial charge is 0.335 e. The van der Waals surface area contributed by atoms with Crippen LogP contribution in [0.15, 0.2) is 30.5 Å². The maximum Gasteiger partial charge on any atom is 0.335 e. The maximum atomic E-state index is 11.2. The van der Waals surface area contributed by atoms with E-state index in [-0.39, 0.29) is 6.42 Å². The first-order valence-electron chi connectivity index (χ1n) is 5.42. The molecule has 4 heteroatoms. The fraction of sp³-hybridized carbons (Fsp3) is 0.308. The van der Waals surface area contributed by atoms with E-state index < -0.39 is 12.1 Å². The lowest BCUT2D eigenvalue weighted by atomic mass is 10.1. The van der Waals surface area contributed by atoms with Crippen LogP contribution in [0, 0.1) is 0 Å². The molecule has 1 heterocycles. The SMILES string of the molecule is COC(=O)[C@@H](O)Cc1cn(C)c2ccccc12. The number of hydrogen-bond donors (Lipinski definition) is 1. The van der Waals surface area contributed by atoms with Gasteiger partial charge in [0.25, 0.3) is 0 Å². The standard InChI is InChI=1S/C13H15NO3/c1-14-8-9(7-12(15)13(16)17-2)10-5-3-4-6-11(10)14/h3-6,8,12,15H,7H2,1-2H3/t12-/m0/s1. The molecule has 0 amide bonds. The Morgan fingerprint density at radius 2 is 2.18 bits per heavy atom. The molecule has 0 aliphatic heterocycles. The van der Waals surface area contributed by atoms with Gasteiger partial charge in [-0.2, -0.15) is 0 Å². The number of hydrogen-bond acceptors (Lipinski definition) is 3. The van der Waals surface area contributed by atoms with Crippen molar-refractivity contribution in [3.05, 3.63) is 36.0 Å². The van der Waals surface area contributed by atoms with Crippen LogP contribution in [0.25, 0.3) is 10.9 Å². The monoisotopic (exact) mass is 233 g/mol. The van der Waals surface area contributed by atoms with Gasteiger partial charge >= 0.3 is 5.97 Å². The highest BCUT2D eigenvalue weighted by molar-refractivity contribution is 5.85. The first-order valence-corrected chi connectivity index (χ1v) is 5.42. The van der Waals surface area contributed by atoms with Crippen molar-refractivity contribution in [1.82, 2.24) is 4.57 Å². The average molecular weight is 233 g/mol. The number of ether oxygens (including phenoxy) is 1. The summed E-state index contributed by atoms with van der Waals surface area (Å²) in [6.07, 6.45) is 1.09. The van der Waals surface area contributed by atoms with E-state index in [2.05, 4.69) is 4.74 Å². The predicted molar refractivity (Wildman–Crippen MR) is 64.6 cm³/mol. The Bertz CT molecular complexity index is 545. The molecule has 0 aliphatic rings. The summed E-state index contributed by atoms with van der Waals surface area (Å²) >= 11 is 0. The van der Waals surface area contributed by atoms with Crippen LogP contribution in [0.2, 0.25) is 0 Å². The minimum Gasteiger partial charge on any atom is -0.467 e. The Balaban J connectivity index is 2.33. The molecular weight excluding hydrogens is 218 g/mol. The van der Waals surface area contributed by atoms with Crippen molar-refractivity contribution in [3.8, 4) is 0 Å². The molecule has 17 heavy (non-hydrogen) atoms. The van der Waals surface area contributed by atoms with Crippen LogP contribution in [-0.4, -0.2) is 28.9 Å². The minimum absolute atomic E-state index is 0.272. The van der Waals surface area contributed by atoms with E-state index in [4.69, 9.17) is 0 Å². The lowest BCUT2D eigenvalue weighted by Crippen LogP contribution is -2.23. The van der Waals surface area contributed by atoms with Crippen LogP contribution in [-0.2, 0) is 23.0 Å². The van der Waals surface area contributed by atoms with Gasteiger partial charge in [-0.3, -0.25) is 0 Å². The third-order valence-electron chi connectivity index (χ3n) is 2.87. The molecule has 0 radical (unpaired) electrons. The number of para-hydroxylation sites is 1. The minimum atomic E-state index is -1.11. The van der Waals surface area contributed by atoms with Gasteiger partial charge in [-0.15, -0.1) is 0 Å². The van der Waals surface area contributed by atoms with E-state index in [1.807, 2.05) is 42.1 Å². The molecule has 4 nitrogen and oxygen atoms in total. The van der Waals surface area contributed by atoms with Gasteiger partial charge in [0.05, 0.1) is 7.11 Å². The van der Waals surface area contributed by atoms with E-state index in [0.29, 0.717) is 0 Å². The molecule has 0 bridgehead atoms. The number of aliphatic hydroxyl groups excluding tert-OH is 1. The maximum absolute atomic E-state index is 11.2. The van der Waals surface area contributed by atoms with Crippen molar-refractivity contribution in [3.63, 3.8) is 0 Å². The number of esters is 1. The van der Waals surface area contributed by atoms with E-state index in [9.17, 15) is 9.90 Å². The van der Waals surface area contributed by atoms with Gasteiger partial charge in [0.2, 0.25) is 0 Å². The lowest BCUT2D eigenvalue weighted by Gasteiger charge is -2.06. The quantitative estimate of drug-likeness (QED) is 0.812. The zero-order valence-electron chi connectivity index (χ0n) is 9.88. The van der Waals surface area contributed by atoms with Crippen LogP contribution < -0.4 is 0 Å². The lowest BCUT2D eigenvalue weighted by molar-refractivity contribution is -0.150. The molecule has 0 aliphatic carbocycles. The molecule has 0 saturated carbocycles. The van der Waals surface area contributed by atoms with Gasteiger partial charge < -0.3 is 14.4 Å². The predicted octanol–water partition coefficient (Wildman–Crippen LogP) is 1.25. The largest absolute Gasteiger partial charge is 0.467 e. The number of nitrogens with zero attached hydrogens (tertiary/aromatic N) is 1. The van der Waals surface area contributed by atoms with Gasteiger partial charge in [-0.05, 0) is 11.6 Å². The van der Waals surface area contributed by atoms with Crippen LogP contribution in [0.4, 0.5) is 0 Å². The summed E-state index contributed by atoms with van der Waals surface area (Å²) in [4.78, 5) is 11.2. The summed E-state index contributed by atoms with van der Waals surface area (Å²) in [5.74, 6) is -0.599. The summed E-state index contributed by atoms with van der Waals surface area (Å²) in [6, 6.07) is 7.89. The highest BCUT2D eigenvalue weighted by Gasteiger charge is 2.18. The normalized spacial score (nSPS) is 12.6. The highest BCUT2D eigenvalue weighted by atomic mass is 16.5. The van der Waals surface area contributed by atoms with Crippen molar-refractivity contribution >= 4 is 16.9 Å². The molecule has 1 aromatic carbocycles. The molecule has 90 valence electrons. The molecule has 2 aromatic rings. The molecule has 0 spiro atoms. The summed E-state index contributed by atoms with van der Waals surface area (Å²) in [5.41, 5.74) is 2.03. The summed E-state index contributed by atoms with van der Waals surface area (Å²) in [6.45, 7) is 0. The third-order valence-corrected chi connectivity index (χ3v) is 2.87. The number of aromatic nitrogens is 1. The Kier molecular flexibility index (Phi) is 3.15. The second-order valence-electron chi connectivity index (χ2n) is 4.03. The van der Waals surface area contributed by atoms with Crippen molar-refractivity contribution in [2.45, 2.75) is 12.5 Å². The van der Waals surface area contributed by atoms with Crippen molar-refractivity contribution in [2.24, 2.45) is 7.05 Å². The first-order chi connectivity index (χ1) is 8.13. The number of aliphatic hydroxyl groups is 1. The molecule has 2 rings (SSSR count). The van der Waals surface area contributed by atoms with Crippen molar-refractivity contribution in [1.29, 1.82) is 0 Å². The van der Waals surface area contributed by atoms with Gasteiger partial charge in [-0.25, -0.2) is 4.79 Å². The number of aryl methyl sites for hydroxylation is 1. The van der Waals surface area contributed by atoms with Gasteiger partial charge in [0.15, 0.2) is 6.10 Å². The van der Waals surface area contributed by atoms with Crippen LogP contribution in [0.5, 0.6) is 0 Å². The first kappa shape index (κ1) is 11.7. The number of carbonyl (C=O) groups excluding carboxylic acids is 1. The van der Waals surface area contributed by atoms with Crippen LogP contribution in [0.1, 0.15) is 5.56 Å². The molecule has 1 aromatic heterocycles. The number of fused-ring (bicyclic) bond motifs is 1. The van der Waals surface area contributed by atoms with Gasteiger partial charge in [0, 0.05) is 30.6 Å². The van der Waals surface area contributed by atoms with E-state index >= 15 is 0 Å². The summed E-state index contributed by atoms with van der Waals surface area (Å²) in [7, 11) is 3.21. The summed E-state index contributed by atoms with van der Waals surface area (Å²) in [5, 5.41) is 10.7. The second kappa shape index (κ2) is 4.59. The Morgan fingerprint density at radius 3 is 2.88 bits per heavy atom. The van der Waals surface area contributed by atoms with Crippen LogP contribution in [0.3, 0.4) is 0 Å². The van der Waals surface area contributed by atoms with Gasteiger partial charge in [0.1, 0.15) is 0 Å². The van der Waals surface area contributed by atoms with E-state index in [1.165, 1.54) is 7.11 Å². The van der Waals surface area contributed by atoms with Crippen molar-refractivity contribution < 1.29 is 14.6 Å². The Hall–Kier alpha value is -1.81. The topological polar surface area (TPSA) is 51.5 Å². The molecule has 0 fully saturated rings. The number of rotatable bonds is 3. The zero-order chi connectivity index (χ0) is 12.4. The zero-order valence-corrected chi connectivity index (χ0v) is 9.88. The van der Waals surface area contributed by atoms with Gasteiger partial charge in [-0.1, -0.05) is 18.2 Å².